The van der Waals surface area contributed by atoms with Crippen LogP contribution < -0.4 is 9.47 Å². The van der Waals surface area contributed by atoms with Crippen LogP contribution in [-0.2, 0) is 18.4 Å². The van der Waals surface area contributed by atoms with Crippen LogP contribution in [0.15, 0.2) is 42.5 Å². The molecule has 2 aromatic carbocycles. The lowest BCUT2D eigenvalue weighted by Crippen LogP contribution is -2.77. The van der Waals surface area contributed by atoms with E-state index in [1.54, 1.807) is 0 Å². The molecule has 2 N–H and O–H groups in total. The third-order valence-corrected chi connectivity index (χ3v) is 8.95. The van der Waals surface area contributed by atoms with Gasteiger partial charge in [0.25, 0.3) is 0 Å². The third kappa shape index (κ3) is 2.50. The Labute approximate surface area is 189 Å². The van der Waals surface area contributed by atoms with Crippen molar-refractivity contribution in [1.29, 1.82) is 0 Å². The Morgan fingerprint density at radius 1 is 1.06 bits per heavy atom. The summed E-state index contributed by atoms with van der Waals surface area (Å²) in [6, 6.07) is 14.5. The van der Waals surface area contributed by atoms with E-state index in [0.29, 0.717) is 19.4 Å². The molecule has 3 aliphatic carbocycles. The number of aliphatic hydroxyl groups excluding tert-OH is 1. The van der Waals surface area contributed by atoms with Crippen LogP contribution in [0.5, 0.6) is 11.5 Å². The largest absolute Gasteiger partial charge is 0.485 e. The molecule has 5 heteroatoms. The summed E-state index contributed by atoms with van der Waals surface area (Å²) in [5, 5.41) is 23.4. The highest BCUT2D eigenvalue weighted by molar-refractivity contribution is 5.63. The van der Waals surface area contributed by atoms with E-state index in [0.717, 1.165) is 54.5 Å². The van der Waals surface area contributed by atoms with Gasteiger partial charge in [0.2, 0.25) is 0 Å². The van der Waals surface area contributed by atoms with E-state index in [4.69, 9.17) is 9.47 Å². The van der Waals surface area contributed by atoms with E-state index in [1.807, 2.05) is 24.3 Å². The van der Waals surface area contributed by atoms with Crippen molar-refractivity contribution in [3.63, 3.8) is 0 Å². The molecule has 5 aliphatic rings. The zero-order chi connectivity index (χ0) is 21.5. The van der Waals surface area contributed by atoms with Crippen LogP contribution in [0, 0.1) is 5.92 Å². The molecule has 0 radical (unpaired) electrons. The topological polar surface area (TPSA) is 62.2 Å². The monoisotopic (exact) mass is 433 g/mol. The Morgan fingerprint density at radius 2 is 1.91 bits per heavy atom. The normalized spacial score (nSPS) is 37.0. The number of ether oxygens (including phenoxy) is 2. The molecule has 5 atom stereocenters. The first-order valence-electron chi connectivity index (χ1n) is 12.2. The zero-order valence-corrected chi connectivity index (χ0v) is 18.4. The first kappa shape index (κ1) is 19.4. The summed E-state index contributed by atoms with van der Waals surface area (Å²) in [6.45, 7) is 2.53. The lowest BCUT2D eigenvalue weighted by Gasteiger charge is -2.63. The first-order chi connectivity index (χ1) is 15.6. The quantitative estimate of drug-likeness (QED) is 0.758. The predicted molar refractivity (Wildman–Crippen MR) is 120 cm³/mol. The van der Waals surface area contributed by atoms with Crippen LogP contribution in [-0.4, -0.2) is 52.1 Å². The van der Waals surface area contributed by atoms with Gasteiger partial charge in [-0.1, -0.05) is 36.4 Å². The average molecular weight is 434 g/mol. The third-order valence-electron chi connectivity index (χ3n) is 8.95. The summed E-state index contributed by atoms with van der Waals surface area (Å²) in [6.07, 6.45) is 4.57. The molecule has 32 heavy (non-hydrogen) atoms. The Balaban J connectivity index is 1.31. The van der Waals surface area contributed by atoms with Gasteiger partial charge in [-0.05, 0) is 68.2 Å². The molecule has 0 aromatic heterocycles. The number of hydrogen-bond acceptors (Lipinski definition) is 5. The van der Waals surface area contributed by atoms with Gasteiger partial charge in [0.1, 0.15) is 12.7 Å². The van der Waals surface area contributed by atoms with E-state index < -0.39 is 23.2 Å². The Kier molecular flexibility index (Phi) is 4.07. The van der Waals surface area contributed by atoms with Gasteiger partial charge >= 0.3 is 0 Å². The summed E-state index contributed by atoms with van der Waals surface area (Å²) >= 11 is 0. The fraction of sp³-hybridized carbons (Fsp3) is 0.556. The van der Waals surface area contributed by atoms with Crippen LogP contribution in [0.3, 0.4) is 0 Å². The Bertz CT molecular complexity index is 1050. The van der Waals surface area contributed by atoms with E-state index >= 15 is 0 Å². The highest BCUT2D eigenvalue weighted by Gasteiger charge is 2.73. The van der Waals surface area contributed by atoms with Crippen molar-refractivity contribution in [2.75, 3.05) is 13.1 Å². The van der Waals surface area contributed by atoms with E-state index in [-0.39, 0.29) is 6.04 Å². The highest BCUT2D eigenvalue weighted by Crippen LogP contribution is 2.65. The fourth-order valence-electron chi connectivity index (χ4n) is 7.29. The van der Waals surface area contributed by atoms with Gasteiger partial charge in [-0.3, -0.25) is 4.90 Å². The zero-order valence-electron chi connectivity index (χ0n) is 18.4. The van der Waals surface area contributed by atoms with E-state index in [2.05, 4.69) is 23.1 Å². The minimum atomic E-state index is -0.861. The molecule has 2 saturated carbocycles. The molecule has 2 unspecified atom stereocenters. The maximum Gasteiger partial charge on any atom is 0.166 e. The van der Waals surface area contributed by atoms with Gasteiger partial charge in [0.05, 0.1) is 17.1 Å². The molecular formula is C27H31NO4. The Hall–Kier alpha value is -2.08. The van der Waals surface area contributed by atoms with Gasteiger partial charge in [-0.15, -0.1) is 0 Å². The van der Waals surface area contributed by atoms with Crippen LogP contribution in [0.25, 0.3) is 0 Å². The number of benzene rings is 2. The maximum absolute atomic E-state index is 12.4. The molecule has 5 nitrogen and oxygen atoms in total. The second-order valence-corrected chi connectivity index (χ2v) is 10.6. The predicted octanol–water partition coefficient (Wildman–Crippen LogP) is 3.19. The first-order valence-corrected chi connectivity index (χ1v) is 12.2. The van der Waals surface area contributed by atoms with Crippen LogP contribution in [0.2, 0.25) is 0 Å². The van der Waals surface area contributed by atoms with Gasteiger partial charge in [0.15, 0.2) is 11.5 Å². The van der Waals surface area contributed by atoms with Crippen molar-refractivity contribution in [2.45, 2.75) is 74.4 Å². The molecular weight excluding hydrogens is 402 g/mol. The lowest BCUT2D eigenvalue weighted by atomic mass is 9.48. The summed E-state index contributed by atoms with van der Waals surface area (Å²) in [4.78, 5) is 2.55. The van der Waals surface area contributed by atoms with Crippen molar-refractivity contribution >= 4 is 0 Å². The molecule has 2 heterocycles. The second kappa shape index (κ2) is 6.72. The minimum absolute atomic E-state index is 0.102. The minimum Gasteiger partial charge on any atom is -0.485 e. The smallest absolute Gasteiger partial charge is 0.166 e. The number of likely N-dealkylation sites (tertiary alicyclic amines) is 1. The van der Waals surface area contributed by atoms with E-state index in [1.165, 1.54) is 18.4 Å². The molecule has 2 bridgehead atoms. The van der Waals surface area contributed by atoms with Crippen LogP contribution in [0.1, 0.15) is 48.8 Å². The van der Waals surface area contributed by atoms with Crippen LogP contribution in [0.4, 0.5) is 0 Å². The van der Waals surface area contributed by atoms with Crippen molar-refractivity contribution in [3.8, 4) is 11.5 Å². The van der Waals surface area contributed by atoms with Gasteiger partial charge < -0.3 is 19.7 Å². The number of nitrogens with zero attached hydrogens (tertiary/aromatic N) is 1. The summed E-state index contributed by atoms with van der Waals surface area (Å²) in [7, 11) is 0. The second-order valence-electron chi connectivity index (χ2n) is 10.6. The molecule has 3 fully saturated rings. The summed E-state index contributed by atoms with van der Waals surface area (Å²) in [5.41, 5.74) is 2.09. The lowest BCUT2D eigenvalue weighted by molar-refractivity contribution is -0.208. The highest BCUT2D eigenvalue weighted by atomic mass is 16.5. The molecule has 168 valence electrons. The number of piperidine rings is 1. The maximum atomic E-state index is 12.4. The van der Waals surface area contributed by atoms with Gasteiger partial charge in [-0.25, -0.2) is 0 Å². The molecule has 1 saturated heterocycles. The van der Waals surface area contributed by atoms with Crippen molar-refractivity contribution in [2.24, 2.45) is 5.92 Å². The molecule has 2 aromatic rings. The molecule has 0 amide bonds. The summed E-state index contributed by atoms with van der Waals surface area (Å²) < 4.78 is 12.8. The fourth-order valence-corrected chi connectivity index (χ4v) is 7.29. The van der Waals surface area contributed by atoms with Crippen molar-refractivity contribution < 1.29 is 19.7 Å². The summed E-state index contributed by atoms with van der Waals surface area (Å²) in [5.74, 6) is 2.28. The van der Waals surface area contributed by atoms with Crippen molar-refractivity contribution in [3.05, 3.63) is 59.2 Å². The number of rotatable bonds is 5. The SMILES string of the molecule is OC1CCC2(O)[C@H]3Cc4ccc(OCc5ccccc5)c5c4[C@@]2(CCN3CC2CC2)[C@H]1O5. The van der Waals surface area contributed by atoms with E-state index in [9.17, 15) is 10.2 Å². The number of hydrogen-bond donors (Lipinski definition) is 2. The average Bonchev–Trinajstić information content (AvgIpc) is 3.55. The number of aliphatic hydroxyl groups is 2. The van der Waals surface area contributed by atoms with Crippen LogP contribution >= 0.6 is 0 Å². The molecule has 2 aliphatic heterocycles. The van der Waals surface area contributed by atoms with Gasteiger partial charge in [-0.2, -0.15) is 0 Å². The standard InChI is InChI=1S/C27H31NO4/c29-20-10-11-27(30)22-14-19-8-9-21(31-16-18-4-2-1-3-5-18)24-23(19)26(27,25(20)32-24)12-13-28(22)15-17-6-7-17/h1-5,8-9,17,20,22,25,29-30H,6-7,10-16H2/t20?,22-,25+,26+,27?/m1/s1. The van der Waals surface area contributed by atoms with Crippen molar-refractivity contribution in [1.82, 2.24) is 4.90 Å². The molecule has 7 rings (SSSR count). The van der Waals surface area contributed by atoms with Gasteiger partial charge in [0, 0.05) is 18.2 Å². The molecule has 1 spiro atoms. The Morgan fingerprint density at radius 3 is 2.72 bits per heavy atom.